The molecule has 33 heavy (non-hydrogen) atoms. The van der Waals surface area contributed by atoms with Crippen molar-refractivity contribution in [3.8, 4) is 22.6 Å². The van der Waals surface area contributed by atoms with E-state index in [1.807, 2.05) is 42.5 Å². The van der Waals surface area contributed by atoms with Crippen LogP contribution in [0.1, 0.15) is 61.4 Å². The third-order valence-electron chi connectivity index (χ3n) is 5.58. The van der Waals surface area contributed by atoms with Crippen molar-refractivity contribution in [2.24, 2.45) is 0 Å². The minimum Gasteiger partial charge on any atom is -0.494 e. The topological polar surface area (TPSA) is 35.5 Å². The molecule has 0 aliphatic rings. The Labute approximate surface area is 198 Å². The molecule has 0 unspecified atom stereocenters. The van der Waals surface area contributed by atoms with E-state index in [1.165, 1.54) is 18.4 Å². The van der Waals surface area contributed by atoms with Gasteiger partial charge in [-0.3, -0.25) is 0 Å². The number of allylic oxidation sites excluding steroid dienone is 1. The van der Waals surface area contributed by atoms with Crippen molar-refractivity contribution >= 4 is 5.97 Å². The molecular weight excluding hydrogens is 408 g/mol. The van der Waals surface area contributed by atoms with Gasteiger partial charge < -0.3 is 9.47 Å². The summed E-state index contributed by atoms with van der Waals surface area (Å²) in [6, 6.07) is 23.4. The zero-order valence-corrected chi connectivity index (χ0v) is 19.6. The van der Waals surface area contributed by atoms with E-state index in [4.69, 9.17) is 9.47 Å². The van der Waals surface area contributed by atoms with Gasteiger partial charge in [0.15, 0.2) is 0 Å². The number of rotatable bonds is 13. The first-order valence-electron chi connectivity index (χ1n) is 11.9. The molecule has 0 radical (unpaired) electrons. The molecule has 0 aliphatic heterocycles. The first-order valence-corrected chi connectivity index (χ1v) is 11.9. The summed E-state index contributed by atoms with van der Waals surface area (Å²) in [5.74, 6) is 0.918. The van der Waals surface area contributed by atoms with Gasteiger partial charge in [0.1, 0.15) is 11.5 Å². The summed E-state index contributed by atoms with van der Waals surface area (Å²) >= 11 is 0. The summed E-state index contributed by atoms with van der Waals surface area (Å²) in [4.78, 5) is 12.5. The molecule has 0 atom stereocenters. The fourth-order valence-electron chi connectivity index (χ4n) is 3.57. The average molecular weight is 443 g/mol. The second-order valence-electron chi connectivity index (χ2n) is 8.23. The molecule has 0 aliphatic carbocycles. The lowest BCUT2D eigenvalue weighted by Crippen LogP contribution is -2.08. The van der Waals surface area contributed by atoms with Gasteiger partial charge in [-0.05, 0) is 91.6 Å². The molecule has 3 aromatic carbocycles. The largest absolute Gasteiger partial charge is 0.494 e. The lowest BCUT2D eigenvalue weighted by Gasteiger charge is -2.08. The first kappa shape index (κ1) is 24.3. The fourth-order valence-corrected chi connectivity index (χ4v) is 3.57. The van der Waals surface area contributed by atoms with Crippen LogP contribution in [-0.4, -0.2) is 12.6 Å². The number of hydrogen-bond acceptors (Lipinski definition) is 3. The maximum Gasteiger partial charge on any atom is 0.343 e. The van der Waals surface area contributed by atoms with Gasteiger partial charge in [-0.25, -0.2) is 4.79 Å². The lowest BCUT2D eigenvalue weighted by molar-refractivity contribution is 0.0734. The molecule has 0 bridgehead atoms. The van der Waals surface area contributed by atoms with E-state index in [2.05, 4.69) is 37.8 Å². The van der Waals surface area contributed by atoms with Gasteiger partial charge in [0.2, 0.25) is 0 Å². The molecule has 0 N–H and O–H groups in total. The van der Waals surface area contributed by atoms with Crippen molar-refractivity contribution in [3.05, 3.63) is 96.6 Å². The third kappa shape index (κ3) is 7.94. The summed E-state index contributed by atoms with van der Waals surface area (Å²) in [7, 11) is 0. The molecule has 0 saturated heterocycles. The van der Waals surface area contributed by atoms with E-state index in [0.29, 0.717) is 17.9 Å². The normalized spacial score (nSPS) is 10.6. The van der Waals surface area contributed by atoms with Crippen molar-refractivity contribution in [1.82, 2.24) is 0 Å². The number of unbranched alkanes of at least 4 members (excludes halogenated alkanes) is 4. The maximum atomic E-state index is 12.5. The molecule has 3 heteroatoms. The number of aryl methyl sites for hydroxylation is 1. The summed E-state index contributed by atoms with van der Waals surface area (Å²) in [5, 5.41) is 0. The smallest absolute Gasteiger partial charge is 0.343 e. The van der Waals surface area contributed by atoms with Crippen LogP contribution in [0.25, 0.3) is 11.1 Å². The van der Waals surface area contributed by atoms with Crippen LogP contribution < -0.4 is 9.47 Å². The van der Waals surface area contributed by atoms with E-state index < -0.39 is 0 Å². The summed E-state index contributed by atoms with van der Waals surface area (Å²) in [5.41, 5.74) is 4.12. The number of hydrogen-bond donors (Lipinski definition) is 0. The van der Waals surface area contributed by atoms with E-state index in [9.17, 15) is 4.79 Å². The molecule has 0 aromatic heterocycles. The average Bonchev–Trinajstić information content (AvgIpc) is 2.86. The highest BCUT2D eigenvalue weighted by molar-refractivity contribution is 5.91. The van der Waals surface area contributed by atoms with Crippen LogP contribution in [0.15, 0.2) is 85.5 Å². The number of carbonyl (C=O) groups excluding carboxylic acids is 1. The SMILES string of the molecule is C=CCCCCCOc1ccc(OC(=O)c2ccc(-c3ccc(CCCC)cc3)cc2)cc1. The van der Waals surface area contributed by atoms with Gasteiger partial charge >= 0.3 is 5.97 Å². The zero-order valence-electron chi connectivity index (χ0n) is 19.6. The molecule has 0 spiro atoms. The van der Waals surface area contributed by atoms with Gasteiger partial charge in [0.05, 0.1) is 12.2 Å². The molecule has 0 amide bonds. The van der Waals surface area contributed by atoms with Gasteiger partial charge in [-0.1, -0.05) is 55.8 Å². The van der Waals surface area contributed by atoms with Crippen LogP contribution in [0, 0.1) is 0 Å². The minimum atomic E-state index is -0.368. The first-order chi connectivity index (χ1) is 16.2. The van der Waals surface area contributed by atoms with E-state index in [1.54, 1.807) is 12.1 Å². The van der Waals surface area contributed by atoms with Crippen molar-refractivity contribution in [2.45, 2.75) is 51.9 Å². The van der Waals surface area contributed by atoms with Gasteiger partial charge in [-0.2, -0.15) is 0 Å². The monoisotopic (exact) mass is 442 g/mol. The zero-order chi connectivity index (χ0) is 23.3. The molecule has 0 fully saturated rings. The quantitative estimate of drug-likeness (QED) is 0.116. The van der Waals surface area contributed by atoms with Crippen molar-refractivity contribution in [2.75, 3.05) is 6.61 Å². The Hall–Kier alpha value is -3.33. The highest BCUT2D eigenvalue weighted by Crippen LogP contribution is 2.23. The van der Waals surface area contributed by atoms with Gasteiger partial charge in [0.25, 0.3) is 0 Å². The summed E-state index contributed by atoms with van der Waals surface area (Å²) < 4.78 is 11.3. The van der Waals surface area contributed by atoms with Crippen molar-refractivity contribution in [3.63, 3.8) is 0 Å². The summed E-state index contributed by atoms with van der Waals surface area (Å²) in [6.07, 6.45) is 9.82. The highest BCUT2D eigenvalue weighted by Gasteiger charge is 2.09. The lowest BCUT2D eigenvalue weighted by atomic mass is 10.0. The fraction of sp³-hybridized carbons (Fsp3) is 0.300. The van der Waals surface area contributed by atoms with Gasteiger partial charge in [-0.15, -0.1) is 6.58 Å². The standard InChI is InChI=1S/C30H34O3/c1-3-5-7-8-9-23-32-28-19-21-29(22-20-28)33-30(31)27-17-15-26(16-18-27)25-13-11-24(12-14-25)10-6-4-2/h3,11-22H,1,4-10,23H2,2H3. The third-order valence-corrected chi connectivity index (χ3v) is 5.58. The van der Waals surface area contributed by atoms with Crippen LogP contribution >= 0.6 is 0 Å². The Balaban J connectivity index is 1.49. The second-order valence-corrected chi connectivity index (χ2v) is 8.23. The predicted molar refractivity (Wildman–Crippen MR) is 136 cm³/mol. The Morgan fingerprint density at radius 1 is 0.788 bits per heavy atom. The van der Waals surface area contributed by atoms with E-state index in [0.717, 1.165) is 49.0 Å². The molecule has 172 valence electrons. The van der Waals surface area contributed by atoms with E-state index >= 15 is 0 Å². The van der Waals surface area contributed by atoms with Gasteiger partial charge in [0, 0.05) is 0 Å². The minimum absolute atomic E-state index is 0.368. The summed E-state index contributed by atoms with van der Waals surface area (Å²) in [6.45, 7) is 6.63. The van der Waals surface area contributed by atoms with Crippen LogP contribution in [-0.2, 0) is 6.42 Å². The van der Waals surface area contributed by atoms with Crippen LogP contribution in [0.2, 0.25) is 0 Å². The number of ether oxygens (including phenoxy) is 2. The van der Waals surface area contributed by atoms with Crippen LogP contribution in [0.3, 0.4) is 0 Å². The number of esters is 1. The van der Waals surface area contributed by atoms with Crippen LogP contribution in [0.5, 0.6) is 11.5 Å². The Morgan fingerprint density at radius 2 is 1.42 bits per heavy atom. The molecule has 3 rings (SSSR count). The number of benzene rings is 3. The molecule has 3 nitrogen and oxygen atoms in total. The molecule has 3 aromatic rings. The predicted octanol–water partition coefficient (Wildman–Crippen LogP) is 8.04. The Kier molecular flexibility index (Phi) is 9.78. The molecule has 0 saturated carbocycles. The maximum absolute atomic E-state index is 12.5. The molecular formula is C30H34O3. The Bertz CT molecular complexity index is 986. The van der Waals surface area contributed by atoms with E-state index in [-0.39, 0.29) is 5.97 Å². The number of carbonyl (C=O) groups is 1. The second kappa shape index (κ2) is 13.3. The van der Waals surface area contributed by atoms with Crippen LogP contribution in [0.4, 0.5) is 0 Å². The van der Waals surface area contributed by atoms with Crippen molar-refractivity contribution in [1.29, 1.82) is 0 Å². The van der Waals surface area contributed by atoms with Crippen molar-refractivity contribution < 1.29 is 14.3 Å². The molecule has 0 heterocycles. The highest BCUT2D eigenvalue weighted by atomic mass is 16.5. The Morgan fingerprint density at radius 3 is 2.06 bits per heavy atom.